The molecule has 0 spiro atoms. The van der Waals surface area contributed by atoms with Crippen LogP contribution in [0.25, 0.3) is 33.5 Å². The Labute approximate surface area is 308 Å². The number of nitrogens with two attached hydrogens (primary N) is 1. The lowest BCUT2D eigenvalue weighted by molar-refractivity contribution is 0.647. The quantitative estimate of drug-likeness (QED) is 0.0717. The fourth-order valence-electron chi connectivity index (χ4n) is 7.12. The highest BCUT2D eigenvalue weighted by Gasteiger charge is 2.33. The van der Waals surface area contributed by atoms with Gasteiger partial charge in [0, 0.05) is 35.3 Å². The van der Waals surface area contributed by atoms with Crippen LogP contribution < -0.4 is 15.5 Å². The summed E-state index contributed by atoms with van der Waals surface area (Å²) in [5.74, 6) is 0. The summed E-state index contributed by atoms with van der Waals surface area (Å²) in [4.78, 5) is 10.1. The second-order valence-electron chi connectivity index (χ2n) is 13.1. The molecule has 52 heavy (non-hydrogen) atoms. The van der Waals surface area contributed by atoms with Crippen LogP contribution in [0.3, 0.4) is 0 Å². The van der Waals surface area contributed by atoms with Crippen LogP contribution in [0.5, 0.6) is 0 Å². The molecule has 1 aliphatic heterocycles. The topological polar surface area (TPSA) is 44.9 Å². The molecule has 1 heterocycles. The van der Waals surface area contributed by atoms with Crippen molar-refractivity contribution in [2.45, 2.75) is 33.4 Å². The van der Waals surface area contributed by atoms with Crippen LogP contribution >= 0.6 is 0 Å². The van der Waals surface area contributed by atoms with Crippen molar-refractivity contribution in [3.63, 3.8) is 0 Å². The fourth-order valence-corrected chi connectivity index (χ4v) is 7.12. The minimum absolute atomic E-state index is 0.248. The van der Waals surface area contributed by atoms with Crippen LogP contribution in [0.2, 0.25) is 0 Å². The molecule has 0 radical (unpaired) electrons. The molecule has 6 aromatic rings. The van der Waals surface area contributed by atoms with Crippen LogP contribution in [0.15, 0.2) is 175 Å². The minimum atomic E-state index is 0.248. The number of nitrogens with zero attached hydrogens (tertiary/aromatic N) is 3. The number of anilines is 4. The van der Waals surface area contributed by atoms with Crippen LogP contribution in [0.4, 0.5) is 22.7 Å². The zero-order valence-electron chi connectivity index (χ0n) is 30.3. The number of fused-ring (bicyclic) bond motifs is 1. The molecule has 7 rings (SSSR count). The standard InChI is InChI=1S/C48H44N4/c1-5-17-38(35-18-9-7-10-19-35)33-45(36-20-11-8-12-21-36)50-34(3)37-22-15-23-39(28-37)41-29-42(31-43(49)30-41)40-24-16-25-44(32-40)52-47-27-14-13-26-46(47)51(4)48(52)6-2/h5,7-16,18-33,48H,6,49H2,1-4H3/b45-33-,50-34+. The molecule has 0 bridgehead atoms. The van der Waals surface area contributed by atoms with E-state index in [1.165, 1.54) is 17.1 Å². The van der Waals surface area contributed by atoms with Gasteiger partial charge in [-0.3, -0.25) is 4.99 Å². The molecule has 4 nitrogen and oxygen atoms in total. The molecule has 6 aromatic carbocycles. The Kier molecular flexibility index (Phi) is 10.0. The van der Waals surface area contributed by atoms with Crippen LogP contribution in [-0.2, 0) is 0 Å². The molecule has 0 aromatic heterocycles. The van der Waals surface area contributed by atoms with E-state index in [1.54, 1.807) is 0 Å². The molecular weight excluding hydrogens is 633 g/mol. The monoisotopic (exact) mass is 676 g/mol. The van der Waals surface area contributed by atoms with E-state index in [2.05, 4.69) is 158 Å². The predicted molar refractivity (Wildman–Crippen MR) is 223 cm³/mol. The Morgan fingerprint density at radius 3 is 1.94 bits per heavy atom. The van der Waals surface area contributed by atoms with Crippen LogP contribution in [0.1, 0.15) is 43.9 Å². The lowest BCUT2D eigenvalue weighted by atomic mass is 9.96. The average Bonchev–Trinajstić information content (AvgIpc) is 3.49. The van der Waals surface area contributed by atoms with Crippen molar-refractivity contribution in [3.8, 4) is 22.3 Å². The number of hydrogen-bond donors (Lipinski definition) is 1. The Morgan fingerprint density at radius 1 is 0.673 bits per heavy atom. The van der Waals surface area contributed by atoms with Gasteiger partial charge < -0.3 is 15.5 Å². The first-order chi connectivity index (χ1) is 25.4. The molecule has 0 aliphatic carbocycles. The van der Waals surface area contributed by atoms with Crippen molar-refractivity contribution in [2.24, 2.45) is 4.99 Å². The van der Waals surface area contributed by atoms with Gasteiger partial charge in [-0.1, -0.05) is 110 Å². The second kappa shape index (κ2) is 15.3. The van der Waals surface area contributed by atoms with Gasteiger partial charge in [-0.15, -0.1) is 5.73 Å². The van der Waals surface area contributed by atoms with Crippen molar-refractivity contribution in [3.05, 3.63) is 186 Å². The number of benzene rings is 6. The fraction of sp³-hybridized carbons (Fsp3) is 0.125. The van der Waals surface area contributed by atoms with Crippen LogP contribution in [-0.4, -0.2) is 18.9 Å². The van der Waals surface area contributed by atoms with E-state index in [0.717, 1.165) is 68.0 Å². The molecule has 0 amide bonds. The zero-order chi connectivity index (χ0) is 36.0. The van der Waals surface area contributed by atoms with Crippen molar-refractivity contribution in [2.75, 3.05) is 22.6 Å². The summed E-state index contributed by atoms with van der Waals surface area (Å²) in [6.45, 7) is 6.31. The first-order valence-corrected chi connectivity index (χ1v) is 18.0. The lowest BCUT2D eigenvalue weighted by Crippen LogP contribution is -2.37. The summed E-state index contributed by atoms with van der Waals surface area (Å²) in [6, 6.07) is 53.1. The highest BCUT2D eigenvalue weighted by atomic mass is 15.4. The van der Waals surface area contributed by atoms with Crippen molar-refractivity contribution < 1.29 is 0 Å². The first kappa shape index (κ1) is 34.1. The van der Waals surface area contributed by atoms with Gasteiger partial charge in [0.15, 0.2) is 0 Å². The third-order valence-electron chi connectivity index (χ3n) is 9.68. The number of hydrogen-bond acceptors (Lipinski definition) is 4. The van der Waals surface area contributed by atoms with Gasteiger partial charge in [0.2, 0.25) is 0 Å². The van der Waals surface area contributed by atoms with Crippen LogP contribution in [0, 0.1) is 0 Å². The molecule has 2 N–H and O–H groups in total. The summed E-state index contributed by atoms with van der Waals surface area (Å²) in [5.41, 5.74) is 24.7. The third kappa shape index (κ3) is 7.11. The highest BCUT2D eigenvalue weighted by molar-refractivity contribution is 6.03. The smallest absolute Gasteiger partial charge is 0.106 e. The number of para-hydroxylation sites is 2. The average molecular weight is 677 g/mol. The highest BCUT2D eigenvalue weighted by Crippen LogP contribution is 2.45. The SMILES string of the molecule is CC=C=C(/C=C(\N=C(/C)c1cccc(-c2cc(N)cc(-c3cccc(N4c5ccccc5N(C)C4CC)c3)c2)c1)c1ccccc1)c1ccccc1. The maximum absolute atomic E-state index is 6.61. The Bertz CT molecular complexity index is 2330. The van der Waals surface area contributed by atoms with Gasteiger partial charge in [0.1, 0.15) is 6.17 Å². The molecule has 0 fully saturated rings. The molecular formula is C48H44N4. The lowest BCUT2D eigenvalue weighted by Gasteiger charge is -2.30. The molecule has 1 atom stereocenters. The first-order valence-electron chi connectivity index (χ1n) is 18.0. The van der Waals surface area contributed by atoms with E-state index in [9.17, 15) is 0 Å². The maximum Gasteiger partial charge on any atom is 0.106 e. The summed E-state index contributed by atoms with van der Waals surface area (Å²) >= 11 is 0. The van der Waals surface area contributed by atoms with Gasteiger partial charge in [-0.2, -0.15) is 0 Å². The Morgan fingerprint density at radius 2 is 1.27 bits per heavy atom. The van der Waals surface area contributed by atoms with Gasteiger partial charge in [-0.25, -0.2) is 0 Å². The van der Waals surface area contributed by atoms with E-state index in [1.807, 2.05) is 49.4 Å². The minimum Gasteiger partial charge on any atom is -0.399 e. The maximum atomic E-state index is 6.61. The van der Waals surface area contributed by atoms with Crippen molar-refractivity contribution >= 4 is 39.7 Å². The molecule has 1 aliphatic rings. The van der Waals surface area contributed by atoms with Gasteiger partial charge in [0.25, 0.3) is 0 Å². The van der Waals surface area contributed by atoms with Gasteiger partial charge in [-0.05, 0) is 114 Å². The predicted octanol–water partition coefficient (Wildman–Crippen LogP) is 12.0. The molecule has 4 heteroatoms. The van der Waals surface area contributed by atoms with Gasteiger partial charge >= 0.3 is 0 Å². The molecule has 0 saturated carbocycles. The van der Waals surface area contributed by atoms with E-state index < -0.39 is 0 Å². The van der Waals surface area contributed by atoms with Crippen molar-refractivity contribution in [1.82, 2.24) is 0 Å². The summed E-state index contributed by atoms with van der Waals surface area (Å²) < 4.78 is 0. The second-order valence-corrected chi connectivity index (χ2v) is 13.1. The summed E-state index contributed by atoms with van der Waals surface area (Å²) in [6.07, 6.45) is 5.32. The van der Waals surface area contributed by atoms with E-state index in [-0.39, 0.29) is 6.17 Å². The Hall–Kier alpha value is -6.35. The van der Waals surface area contributed by atoms with Gasteiger partial charge in [0.05, 0.1) is 17.1 Å². The summed E-state index contributed by atoms with van der Waals surface area (Å²) in [7, 11) is 2.18. The third-order valence-corrected chi connectivity index (χ3v) is 9.68. The molecule has 256 valence electrons. The number of aliphatic imine (C=N–C) groups is 1. The van der Waals surface area contributed by atoms with Crippen molar-refractivity contribution in [1.29, 1.82) is 0 Å². The number of nitrogen functional groups attached to an aromatic ring is 1. The zero-order valence-corrected chi connectivity index (χ0v) is 30.3. The summed E-state index contributed by atoms with van der Waals surface area (Å²) in [5, 5.41) is 0. The normalized spacial score (nSPS) is 14.2. The molecule has 0 saturated heterocycles. The number of allylic oxidation sites excluding steroid dienone is 2. The van der Waals surface area contributed by atoms with E-state index >= 15 is 0 Å². The van der Waals surface area contributed by atoms with E-state index in [0.29, 0.717) is 0 Å². The Balaban J connectivity index is 1.24. The number of rotatable bonds is 9. The molecule has 1 unspecified atom stereocenters. The largest absolute Gasteiger partial charge is 0.399 e. The van der Waals surface area contributed by atoms with E-state index in [4.69, 9.17) is 10.7 Å².